The number of ether oxygens (including phenoxy) is 1. The minimum atomic E-state index is 0.459. The summed E-state index contributed by atoms with van der Waals surface area (Å²) in [5.74, 6) is 2.18. The topological polar surface area (TPSA) is 104 Å². The Balaban J connectivity index is 0.000000176. The highest BCUT2D eigenvalue weighted by molar-refractivity contribution is 5.93. The standard InChI is InChI=1S/C17H21N5O2.C17H16N2/c23-13-20-15-11-18-17(19-12-15)21-14-4-3-5-16(10-14)24-9-8-22-6-1-2-7-22;1-12-7-8-15(11-13(12)2)19-17-16-6-4-3-5-14(16)9-10-18-17/h3-5,10-13H,1-2,6-9H2,(H,20,23)(H,18,19,21);3-11H,1-2H3,(H,18,19). The van der Waals surface area contributed by atoms with Gasteiger partial charge in [0.25, 0.3) is 0 Å². The molecule has 0 unspecified atom stereocenters. The van der Waals surface area contributed by atoms with Gasteiger partial charge in [0.15, 0.2) is 0 Å². The van der Waals surface area contributed by atoms with Gasteiger partial charge in [0, 0.05) is 35.6 Å². The number of likely N-dealkylation sites (tertiary alicyclic amines) is 1. The molecule has 0 saturated carbocycles. The average Bonchev–Trinajstić information content (AvgIpc) is 3.55. The summed E-state index contributed by atoms with van der Waals surface area (Å²) in [6.45, 7) is 8.25. The van der Waals surface area contributed by atoms with Crippen LogP contribution in [0, 0.1) is 13.8 Å². The van der Waals surface area contributed by atoms with Crippen molar-refractivity contribution in [1.29, 1.82) is 0 Å². The van der Waals surface area contributed by atoms with E-state index < -0.39 is 0 Å². The van der Waals surface area contributed by atoms with Crippen LogP contribution in [0.5, 0.6) is 5.75 Å². The molecule has 9 heteroatoms. The van der Waals surface area contributed by atoms with Crippen LogP contribution in [-0.4, -0.2) is 52.5 Å². The molecule has 1 fully saturated rings. The van der Waals surface area contributed by atoms with Crippen LogP contribution in [0.4, 0.5) is 28.8 Å². The maximum atomic E-state index is 10.4. The van der Waals surface area contributed by atoms with Crippen molar-refractivity contribution in [3.63, 3.8) is 0 Å². The second-order valence-corrected chi connectivity index (χ2v) is 10.4. The molecule has 0 atom stereocenters. The molecular formula is C34H37N7O2. The Labute approximate surface area is 252 Å². The summed E-state index contributed by atoms with van der Waals surface area (Å²) in [7, 11) is 0. The van der Waals surface area contributed by atoms with E-state index in [9.17, 15) is 4.79 Å². The fraction of sp³-hybridized carbons (Fsp3) is 0.235. The summed E-state index contributed by atoms with van der Waals surface area (Å²) in [6.07, 6.45) is 8.10. The predicted octanol–water partition coefficient (Wildman–Crippen LogP) is 6.86. The first kappa shape index (κ1) is 29.5. The molecule has 3 heterocycles. The summed E-state index contributed by atoms with van der Waals surface area (Å²) < 4.78 is 5.83. The summed E-state index contributed by atoms with van der Waals surface area (Å²) in [5.41, 5.74) is 5.06. The summed E-state index contributed by atoms with van der Waals surface area (Å²) in [4.78, 5) is 25.5. The van der Waals surface area contributed by atoms with Gasteiger partial charge in [0.1, 0.15) is 18.2 Å². The molecule has 1 aliphatic rings. The lowest BCUT2D eigenvalue weighted by Crippen LogP contribution is -2.25. The summed E-state index contributed by atoms with van der Waals surface area (Å²) >= 11 is 0. The van der Waals surface area contributed by atoms with Crippen molar-refractivity contribution in [3.8, 4) is 5.75 Å². The van der Waals surface area contributed by atoms with Gasteiger partial charge in [-0.2, -0.15) is 0 Å². The number of benzene rings is 3. The third-order valence-electron chi connectivity index (χ3n) is 7.29. The van der Waals surface area contributed by atoms with Gasteiger partial charge >= 0.3 is 0 Å². The van der Waals surface area contributed by atoms with Crippen LogP contribution in [0.1, 0.15) is 24.0 Å². The molecule has 1 saturated heterocycles. The molecule has 9 nitrogen and oxygen atoms in total. The fourth-order valence-corrected chi connectivity index (χ4v) is 4.80. The number of hydrogen-bond acceptors (Lipinski definition) is 8. The van der Waals surface area contributed by atoms with E-state index in [-0.39, 0.29) is 0 Å². The molecular weight excluding hydrogens is 538 g/mol. The highest BCUT2D eigenvalue weighted by atomic mass is 16.5. The number of aromatic nitrogens is 3. The smallest absolute Gasteiger partial charge is 0.227 e. The zero-order valence-corrected chi connectivity index (χ0v) is 24.6. The lowest BCUT2D eigenvalue weighted by atomic mass is 10.1. The Bertz CT molecular complexity index is 1630. The van der Waals surface area contributed by atoms with Crippen molar-refractivity contribution in [1.82, 2.24) is 19.9 Å². The lowest BCUT2D eigenvalue weighted by molar-refractivity contribution is -0.105. The third-order valence-corrected chi connectivity index (χ3v) is 7.29. The van der Waals surface area contributed by atoms with E-state index in [1.54, 1.807) is 12.4 Å². The molecule has 3 aromatic carbocycles. The number of aryl methyl sites for hydroxylation is 2. The maximum Gasteiger partial charge on any atom is 0.227 e. The molecule has 1 amide bonds. The molecule has 0 aliphatic carbocycles. The van der Waals surface area contributed by atoms with Crippen molar-refractivity contribution in [3.05, 3.63) is 103 Å². The van der Waals surface area contributed by atoms with Gasteiger partial charge in [-0.15, -0.1) is 0 Å². The largest absolute Gasteiger partial charge is 0.492 e. The lowest BCUT2D eigenvalue weighted by Gasteiger charge is -2.15. The highest BCUT2D eigenvalue weighted by Crippen LogP contribution is 2.25. The first-order valence-corrected chi connectivity index (χ1v) is 14.5. The van der Waals surface area contributed by atoms with Crippen molar-refractivity contribution >= 4 is 46.0 Å². The minimum Gasteiger partial charge on any atom is -0.492 e. The van der Waals surface area contributed by atoms with Gasteiger partial charge in [-0.25, -0.2) is 15.0 Å². The number of pyridine rings is 1. The molecule has 6 rings (SSSR count). The molecule has 3 N–H and O–H groups in total. The van der Waals surface area contributed by atoms with Gasteiger partial charge in [0.2, 0.25) is 12.4 Å². The number of carbonyl (C=O) groups is 1. The maximum absolute atomic E-state index is 10.4. The normalized spacial score (nSPS) is 12.7. The van der Waals surface area contributed by atoms with Crippen LogP contribution in [0.25, 0.3) is 10.8 Å². The van der Waals surface area contributed by atoms with Gasteiger partial charge < -0.3 is 20.7 Å². The number of amides is 1. The van der Waals surface area contributed by atoms with E-state index in [1.165, 1.54) is 42.4 Å². The highest BCUT2D eigenvalue weighted by Gasteiger charge is 2.11. The Kier molecular flexibility index (Phi) is 10.1. The minimum absolute atomic E-state index is 0.459. The fourth-order valence-electron chi connectivity index (χ4n) is 4.80. The second-order valence-electron chi connectivity index (χ2n) is 10.4. The number of fused-ring (bicyclic) bond motifs is 1. The first-order valence-electron chi connectivity index (χ1n) is 14.5. The zero-order chi connectivity index (χ0) is 29.9. The van der Waals surface area contributed by atoms with Crippen LogP contribution >= 0.6 is 0 Å². The van der Waals surface area contributed by atoms with E-state index >= 15 is 0 Å². The molecule has 0 bridgehead atoms. The van der Waals surface area contributed by atoms with E-state index in [0.717, 1.165) is 34.9 Å². The first-order chi connectivity index (χ1) is 21.1. The Morgan fingerprint density at radius 2 is 1.60 bits per heavy atom. The van der Waals surface area contributed by atoms with E-state index in [2.05, 4.69) is 80.0 Å². The Hall–Kier alpha value is -5.02. The van der Waals surface area contributed by atoms with Gasteiger partial charge in [0.05, 0.1) is 18.1 Å². The SMILES string of the molecule is Cc1ccc(Nc2nccc3ccccc23)cc1C.O=CNc1cnc(Nc2cccc(OCCN3CCCC3)c2)nc1. The number of nitrogens with zero attached hydrogens (tertiary/aromatic N) is 4. The third kappa shape index (κ3) is 8.50. The molecule has 43 heavy (non-hydrogen) atoms. The average molecular weight is 576 g/mol. The second kappa shape index (κ2) is 14.7. The van der Waals surface area contributed by atoms with Gasteiger partial charge in [-0.1, -0.05) is 36.4 Å². The number of hydrogen-bond donors (Lipinski definition) is 3. The number of nitrogens with one attached hydrogen (secondary N) is 3. The van der Waals surface area contributed by atoms with Gasteiger partial charge in [-0.3, -0.25) is 9.69 Å². The predicted molar refractivity (Wildman–Crippen MR) is 174 cm³/mol. The summed E-state index contributed by atoms with van der Waals surface area (Å²) in [6, 6.07) is 24.4. The number of carbonyl (C=O) groups excluding carboxylic acids is 1. The van der Waals surface area contributed by atoms with Gasteiger partial charge in [-0.05, 0) is 86.6 Å². The van der Waals surface area contributed by atoms with E-state index in [4.69, 9.17) is 4.74 Å². The van der Waals surface area contributed by atoms with Crippen molar-refractivity contribution in [2.75, 3.05) is 42.2 Å². The van der Waals surface area contributed by atoms with Crippen LogP contribution < -0.4 is 20.7 Å². The van der Waals surface area contributed by atoms with E-state index in [0.29, 0.717) is 24.7 Å². The molecule has 5 aromatic rings. The number of rotatable bonds is 10. The molecule has 2 aromatic heterocycles. The van der Waals surface area contributed by atoms with Crippen molar-refractivity contribution in [2.45, 2.75) is 26.7 Å². The monoisotopic (exact) mass is 575 g/mol. The van der Waals surface area contributed by atoms with Crippen LogP contribution in [0.3, 0.4) is 0 Å². The van der Waals surface area contributed by atoms with Crippen molar-refractivity contribution in [2.24, 2.45) is 0 Å². The van der Waals surface area contributed by atoms with Crippen LogP contribution in [0.2, 0.25) is 0 Å². The Morgan fingerprint density at radius 1 is 0.814 bits per heavy atom. The molecule has 220 valence electrons. The Morgan fingerprint density at radius 3 is 2.40 bits per heavy atom. The summed E-state index contributed by atoms with van der Waals surface area (Å²) in [5, 5.41) is 11.4. The van der Waals surface area contributed by atoms with Crippen molar-refractivity contribution < 1.29 is 9.53 Å². The molecule has 1 aliphatic heterocycles. The number of anilines is 5. The zero-order valence-electron chi connectivity index (χ0n) is 24.6. The molecule has 0 spiro atoms. The van der Waals surface area contributed by atoms with Crippen LogP contribution in [-0.2, 0) is 4.79 Å². The molecule has 0 radical (unpaired) electrons. The quantitative estimate of drug-likeness (QED) is 0.155. The van der Waals surface area contributed by atoms with E-state index in [1.807, 2.05) is 48.7 Å². The van der Waals surface area contributed by atoms with Crippen LogP contribution in [0.15, 0.2) is 91.4 Å².